The zero-order valence-corrected chi connectivity index (χ0v) is 16.6. The van der Waals surface area contributed by atoms with Gasteiger partial charge in [0.15, 0.2) is 0 Å². The summed E-state index contributed by atoms with van der Waals surface area (Å²) in [6.07, 6.45) is 0.936. The van der Waals surface area contributed by atoms with E-state index in [-0.39, 0.29) is 18.1 Å². The monoisotopic (exact) mass is 366 g/mol. The van der Waals surface area contributed by atoms with Crippen LogP contribution in [0.1, 0.15) is 36.1 Å². The minimum atomic E-state index is 0.0577. The Morgan fingerprint density at radius 3 is 2.33 bits per heavy atom. The molecular weight excluding hydrogens is 336 g/mol. The number of hydrogen-bond acceptors (Lipinski definition) is 3. The molecular formula is C23H30N2O2. The first-order chi connectivity index (χ1) is 13.0. The molecule has 1 saturated heterocycles. The number of carbonyl (C=O) groups excluding carboxylic acids is 1. The molecule has 2 atom stereocenters. The molecule has 0 unspecified atom stereocenters. The summed E-state index contributed by atoms with van der Waals surface area (Å²) in [4.78, 5) is 14.8. The number of morpholine rings is 1. The molecule has 0 spiro atoms. The van der Waals surface area contributed by atoms with Crippen LogP contribution in [0.15, 0.2) is 48.5 Å². The lowest BCUT2D eigenvalue weighted by Crippen LogP contribution is -2.45. The lowest BCUT2D eigenvalue weighted by atomic mass is 10.1. The molecule has 1 amide bonds. The zero-order chi connectivity index (χ0) is 19.2. The van der Waals surface area contributed by atoms with E-state index in [0.717, 1.165) is 25.2 Å². The van der Waals surface area contributed by atoms with Crippen molar-refractivity contribution in [2.75, 3.05) is 13.1 Å². The molecule has 4 nitrogen and oxygen atoms in total. The van der Waals surface area contributed by atoms with E-state index < -0.39 is 0 Å². The van der Waals surface area contributed by atoms with Crippen LogP contribution in [-0.4, -0.2) is 36.1 Å². The van der Waals surface area contributed by atoms with Crippen molar-refractivity contribution in [1.82, 2.24) is 10.2 Å². The van der Waals surface area contributed by atoms with Gasteiger partial charge in [0, 0.05) is 26.2 Å². The van der Waals surface area contributed by atoms with Gasteiger partial charge in [0.05, 0.1) is 18.6 Å². The van der Waals surface area contributed by atoms with Gasteiger partial charge in [0.2, 0.25) is 5.91 Å². The van der Waals surface area contributed by atoms with Crippen LogP contribution in [0.2, 0.25) is 0 Å². The Balaban J connectivity index is 1.57. The van der Waals surface area contributed by atoms with Crippen molar-refractivity contribution in [3.63, 3.8) is 0 Å². The van der Waals surface area contributed by atoms with Crippen LogP contribution in [-0.2, 0) is 29.0 Å². The van der Waals surface area contributed by atoms with Crippen LogP contribution < -0.4 is 5.32 Å². The predicted octanol–water partition coefficient (Wildman–Crippen LogP) is 3.46. The van der Waals surface area contributed by atoms with Crippen molar-refractivity contribution >= 4 is 5.91 Å². The maximum atomic E-state index is 12.3. The number of carbonyl (C=O) groups is 1. The summed E-state index contributed by atoms with van der Waals surface area (Å²) in [5.41, 5.74) is 4.71. The Bertz CT molecular complexity index is 747. The molecule has 1 heterocycles. The minimum Gasteiger partial charge on any atom is -0.373 e. The third-order valence-corrected chi connectivity index (χ3v) is 4.97. The highest BCUT2D eigenvalue weighted by Gasteiger charge is 2.22. The molecule has 1 N–H and O–H groups in total. The topological polar surface area (TPSA) is 41.6 Å². The molecule has 27 heavy (non-hydrogen) atoms. The number of aryl methyl sites for hydroxylation is 1. The standard InChI is InChI=1S/C23H30N2O2/c1-17-8-10-20(11-9-17)12-23(26)24-13-21-6-4-5-7-22(21)16-25-14-18(2)27-19(3)15-25/h4-11,18-19H,12-16H2,1-3H3,(H,24,26)/t18-,19+. The summed E-state index contributed by atoms with van der Waals surface area (Å²) >= 11 is 0. The average molecular weight is 367 g/mol. The maximum absolute atomic E-state index is 12.3. The molecule has 1 fully saturated rings. The average Bonchev–Trinajstić information content (AvgIpc) is 2.62. The zero-order valence-electron chi connectivity index (χ0n) is 16.6. The number of rotatable bonds is 6. The van der Waals surface area contributed by atoms with Gasteiger partial charge < -0.3 is 10.1 Å². The second-order valence-electron chi connectivity index (χ2n) is 7.66. The van der Waals surface area contributed by atoms with Gasteiger partial charge in [-0.25, -0.2) is 0 Å². The van der Waals surface area contributed by atoms with Crippen molar-refractivity contribution < 1.29 is 9.53 Å². The summed E-state index contributed by atoms with van der Waals surface area (Å²) < 4.78 is 5.83. The van der Waals surface area contributed by atoms with E-state index in [0.29, 0.717) is 13.0 Å². The predicted molar refractivity (Wildman–Crippen MR) is 108 cm³/mol. The Kier molecular flexibility index (Phi) is 6.64. The van der Waals surface area contributed by atoms with Gasteiger partial charge in [0.1, 0.15) is 0 Å². The first-order valence-corrected chi connectivity index (χ1v) is 9.76. The number of amides is 1. The highest BCUT2D eigenvalue weighted by atomic mass is 16.5. The minimum absolute atomic E-state index is 0.0577. The normalized spacial score (nSPS) is 20.4. The SMILES string of the molecule is Cc1ccc(CC(=O)NCc2ccccc2CN2C[C@@H](C)O[C@@H](C)C2)cc1. The molecule has 144 valence electrons. The largest absolute Gasteiger partial charge is 0.373 e. The first kappa shape index (κ1) is 19.6. The second-order valence-corrected chi connectivity index (χ2v) is 7.66. The molecule has 2 aromatic carbocycles. The van der Waals surface area contributed by atoms with Gasteiger partial charge in [-0.15, -0.1) is 0 Å². The van der Waals surface area contributed by atoms with Gasteiger partial charge in [-0.05, 0) is 37.5 Å². The van der Waals surface area contributed by atoms with E-state index in [1.165, 1.54) is 16.7 Å². The highest BCUT2D eigenvalue weighted by Crippen LogP contribution is 2.17. The second kappa shape index (κ2) is 9.16. The smallest absolute Gasteiger partial charge is 0.224 e. The van der Waals surface area contributed by atoms with E-state index in [1.54, 1.807) is 0 Å². The van der Waals surface area contributed by atoms with Gasteiger partial charge in [0.25, 0.3) is 0 Å². The van der Waals surface area contributed by atoms with Crippen LogP contribution in [0.5, 0.6) is 0 Å². The Morgan fingerprint density at radius 2 is 1.67 bits per heavy atom. The van der Waals surface area contributed by atoms with Crippen LogP contribution >= 0.6 is 0 Å². The summed E-state index contributed by atoms with van der Waals surface area (Å²) in [6.45, 7) is 9.64. The number of nitrogens with one attached hydrogen (secondary N) is 1. The van der Waals surface area contributed by atoms with Crippen molar-refractivity contribution in [1.29, 1.82) is 0 Å². The Morgan fingerprint density at radius 1 is 1.04 bits per heavy atom. The fraction of sp³-hybridized carbons (Fsp3) is 0.435. The van der Waals surface area contributed by atoms with Crippen LogP contribution in [0.25, 0.3) is 0 Å². The fourth-order valence-electron chi connectivity index (χ4n) is 3.69. The molecule has 0 aromatic heterocycles. The van der Waals surface area contributed by atoms with Gasteiger partial charge in [-0.1, -0.05) is 54.1 Å². The third-order valence-electron chi connectivity index (χ3n) is 4.97. The number of benzene rings is 2. The Hall–Kier alpha value is -2.17. The fourth-order valence-corrected chi connectivity index (χ4v) is 3.69. The van der Waals surface area contributed by atoms with E-state index in [9.17, 15) is 4.79 Å². The van der Waals surface area contributed by atoms with Crippen molar-refractivity contribution in [2.45, 2.75) is 52.5 Å². The van der Waals surface area contributed by atoms with E-state index >= 15 is 0 Å². The molecule has 2 aromatic rings. The van der Waals surface area contributed by atoms with Crippen molar-refractivity contribution in [2.24, 2.45) is 0 Å². The molecule has 1 aliphatic heterocycles. The van der Waals surface area contributed by atoms with E-state index in [1.807, 2.05) is 30.3 Å². The summed E-state index contributed by atoms with van der Waals surface area (Å²) in [5, 5.41) is 3.08. The van der Waals surface area contributed by atoms with Gasteiger partial charge in [-0.3, -0.25) is 9.69 Å². The lowest BCUT2D eigenvalue weighted by Gasteiger charge is -2.35. The highest BCUT2D eigenvalue weighted by molar-refractivity contribution is 5.78. The summed E-state index contributed by atoms with van der Waals surface area (Å²) in [7, 11) is 0. The molecule has 0 radical (unpaired) electrons. The summed E-state index contributed by atoms with van der Waals surface area (Å²) in [5.74, 6) is 0.0577. The number of ether oxygens (including phenoxy) is 1. The molecule has 3 rings (SSSR count). The molecule has 0 bridgehead atoms. The van der Waals surface area contributed by atoms with Crippen LogP contribution in [0.4, 0.5) is 0 Å². The first-order valence-electron chi connectivity index (χ1n) is 9.76. The Labute approximate surface area is 162 Å². The van der Waals surface area contributed by atoms with E-state index in [2.05, 4.69) is 49.2 Å². The van der Waals surface area contributed by atoms with Gasteiger partial charge in [-0.2, -0.15) is 0 Å². The quantitative estimate of drug-likeness (QED) is 0.851. The third kappa shape index (κ3) is 5.91. The van der Waals surface area contributed by atoms with Crippen LogP contribution in [0.3, 0.4) is 0 Å². The number of nitrogens with zero attached hydrogens (tertiary/aromatic N) is 1. The molecule has 1 aliphatic rings. The molecule has 4 heteroatoms. The lowest BCUT2D eigenvalue weighted by molar-refractivity contribution is -0.120. The van der Waals surface area contributed by atoms with Crippen molar-refractivity contribution in [3.05, 3.63) is 70.8 Å². The van der Waals surface area contributed by atoms with Crippen molar-refractivity contribution in [3.8, 4) is 0 Å². The van der Waals surface area contributed by atoms with Crippen LogP contribution in [0, 0.1) is 6.92 Å². The molecule has 0 aliphatic carbocycles. The molecule has 0 saturated carbocycles. The van der Waals surface area contributed by atoms with Gasteiger partial charge >= 0.3 is 0 Å². The van der Waals surface area contributed by atoms with E-state index in [4.69, 9.17) is 4.74 Å². The maximum Gasteiger partial charge on any atom is 0.224 e. The summed E-state index contributed by atoms with van der Waals surface area (Å²) in [6, 6.07) is 16.5. The number of hydrogen-bond donors (Lipinski definition) is 1.